The Kier molecular flexibility index (Phi) is 6.70. The molecule has 1 N–H and O–H groups in total. The van der Waals surface area contributed by atoms with E-state index in [1.54, 1.807) is 0 Å². The van der Waals surface area contributed by atoms with Crippen LogP contribution in [-0.2, 0) is 11.3 Å². The van der Waals surface area contributed by atoms with Gasteiger partial charge < -0.3 is 9.88 Å². The van der Waals surface area contributed by atoms with Gasteiger partial charge in [-0.2, -0.15) is 0 Å². The van der Waals surface area contributed by atoms with E-state index in [4.69, 9.17) is 11.6 Å². The maximum absolute atomic E-state index is 13.8. The van der Waals surface area contributed by atoms with E-state index in [0.717, 1.165) is 29.9 Å². The first-order valence-electron chi connectivity index (χ1n) is 8.86. The van der Waals surface area contributed by atoms with Gasteiger partial charge in [-0.1, -0.05) is 54.0 Å². The van der Waals surface area contributed by atoms with Crippen LogP contribution in [0.5, 0.6) is 0 Å². The van der Waals surface area contributed by atoms with E-state index in [9.17, 15) is 9.18 Å². The molecule has 8 heteroatoms. The number of thioether (sulfide) groups is 1. The largest absolute Gasteiger partial charge is 0.323 e. The predicted molar refractivity (Wildman–Crippen MR) is 111 cm³/mol. The lowest BCUT2D eigenvalue weighted by molar-refractivity contribution is -0.113. The molecule has 0 unspecified atom stereocenters. The normalized spacial score (nSPS) is 10.9. The molecule has 0 aliphatic carbocycles. The van der Waals surface area contributed by atoms with Gasteiger partial charge in [-0.05, 0) is 37.6 Å². The monoisotopic (exact) mass is 418 g/mol. The van der Waals surface area contributed by atoms with Crippen molar-refractivity contribution in [1.29, 1.82) is 0 Å². The third-order valence-corrected chi connectivity index (χ3v) is 5.18. The van der Waals surface area contributed by atoms with Crippen molar-refractivity contribution in [2.24, 2.45) is 0 Å². The minimum Gasteiger partial charge on any atom is -0.323 e. The Morgan fingerprint density at radius 2 is 2.07 bits per heavy atom. The van der Waals surface area contributed by atoms with Gasteiger partial charge in [-0.15, -0.1) is 10.2 Å². The van der Waals surface area contributed by atoms with Crippen molar-refractivity contribution in [2.75, 3.05) is 11.1 Å². The quantitative estimate of drug-likeness (QED) is 0.536. The summed E-state index contributed by atoms with van der Waals surface area (Å²) < 4.78 is 15.8. The number of aromatic nitrogens is 3. The van der Waals surface area contributed by atoms with Crippen LogP contribution in [0.1, 0.15) is 18.9 Å². The van der Waals surface area contributed by atoms with Crippen LogP contribution in [0.2, 0.25) is 5.02 Å². The van der Waals surface area contributed by atoms with Gasteiger partial charge in [-0.25, -0.2) is 4.39 Å². The summed E-state index contributed by atoms with van der Waals surface area (Å²) in [5.74, 6) is -0.0102. The molecule has 2 aromatic carbocycles. The van der Waals surface area contributed by atoms with E-state index in [1.165, 1.54) is 30.0 Å². The molecule has 1 amide bonds. The Bertz CT molecular complexity index is 992. The fourth-order valence-corrected chi connectivity index (χ4v) is 3.66. The minimum atomic E-state index is -0.529. The summed E-state index contributed by atoms with van der Waals surface area (Å²) in [6, 6.07) is 12.1. The van der Waals surface area contributed by atoms with Crippen molar-refractivity contribution >= 4 is 35.0 Å². The summed E-state index contributed by atoms with van der Waals surface area (Å²) in [4.78, 5) is 12.2. The Morgan fingerprint density at radius 1 is 1.25 bits per heavy atom. The smallest absolute Gasteiger partial charge is 0.234 e. The number of rotatable bonds is 7. The fourth-order valence-electron chi connectivity index (χ4n) is 2.73. The van der Waals surface area contributed by atoms with E-state index in [1.807, 2.05) is 29.7 Å². The Balaban J connectivity index is 1.73. The van der Waals surface area contributed by atoms with Crippen molar-refractivity contribution in [2.45, 2.75) is 32.0 Å². The number of nitrogens with one attached hydrogen (secondary N) is 1. The summed E-state index contributed by atoms with van der Waals surface area (Å²) in [5, 5.41) is 12.1. The molecule has 3 rings (SSSR count). The molecule has 0 aliphatic heterocycles. The van der Waals surface area contributed by atoms with E-state index >= 15 is 0 Å². The molecule has 3 aromatic rings. The number of hydrogen-bond donors (Lipinski definition) is 1. The number of halogens is 2. The minimum absolute atomic E-state index is 0.0635. The second-order valence-corrected chi connectivity index (χ2v) is 7.67. The molecule has 0 bridgehead atoms. The first-order chi connectivity index (χ1) is 13.5. The highest BCUT2D eigenvalue weighted by Crippen LogP contribution is 2.26. The molecule has 0 saturated heterocycles. The Labute approximate surface area is 172 Å². The van der Waals surface area contributed by atoms with Crippen LogP contribution in [0.4, 0.5) is 10.1 Å². The summed E-state index contributed by atoms with van der Waals surface area (Å²) in [6.07, 6.45) is 0.907. The molecule has 1 heterocycles. The second kappa shape index (κ2) is 9.21. The van der Waals surface area contributed by atoms with Gasteiger partial charge in [0, 0.05) is 17.1 Å². The number of amides is 1. The van der Waals surface area contributed by atoms with Gasteiger partial charge in [0.1, 0.15) is 5.82 Å². The molecule has 1 aromatic heterocycles. The molecule has 5 nitrogen and oxygen atoms in total. The van der Waals surface area contributed by atoms with Crippen LogP contribution in [0.25, 0.3) is 11.4 Å². The SMILES string of the molecule is CCCn1c(SCC(=O)Nc2cc(Cl)ccc2F)nnc1-c1cccc(C)c1. The van der Waals surface area contributed by atoms with Gasteiger partial charge in [0.05, 0.1) is 11.4 Å². The van der Waals surface area contributed by atoms with Gasteiger partial charge in [0.25, 0.3) is 0 Å². The van der Waals surface area contributed by atoms with Gasteiger partial charge in [0.2, 0.25) is 5.91 Å². The molecule has 146 valence electrons. The van der Waals surface area contributed by atoms with Crippen LogP contribution in [0.15, 0.2) is 47.6 Å². The second-order valence-electron chi connectivity index (χ2n) is 6.29. The number of carbonyl (C=O) groups excluding carboxylic acids is 1. The third kappa shape index (κ3) is 4.91. The van der Waals surface area contributed by atoms with Crippen molar-refractivity contribution in [1.82, 2.24) is 14.8 Å². The average molecular weight is 419 g/mol. The molecular weight excluding hydrogens is 399 g/mol. The number of aryl methyl sites for hydroxylation is 1. The number of nitrogens with zero attached hydrogens (tertiary/aromatic N) is 3. The lowest BCUT2D eigenvalue weighted by Crippen LogP contribution is -2.15. The highest BCUT2D eigenvalue weighted by Gasteiger charge is 2.16. The Hall–Kier alpha value is -2.38. The molecule has 0 atom stereocenters. The van der Waals surface area contributed by atoms with Crippen molar-refractivity contribution in [3.05, 3.63) is 58.9 Å². The number of carbonyl (C=O) groups is 1. The summed E-state index contributed by atoms with van der Waals surface area (Å²) in [6.45, 7) is 4.84. The lowest BCUT2D eigenvalue weighted by atomic mass is 10.1. The third-order valence-electron chi connectivity index (χ3n) is 3.98. The summed E-state index contributed by atoms with van der Waals surface area (Å²) in [7, 11) is 0. The molecule has 0 spiro atoms. The first kappa shape index (κ1) is 20.4. The highest BCUT2D eigenvalue weighted by atomic mass is 35.5. The maximum atomic E-state index is 13.8. The first-order valence-corrected chi connectivity index (χ1v) is 10.2. The van der Waals surface area contributed by atoms with Crippen LogP contribution in [-0.4, -0.2) is 26.4 Å². The van der Waals surface area contributed by atoms with Gasteiger partial charge in [-0.3, -0.25) is 4.79 Å². The number of benzene rings is 2. The van der Waals surface area contributed by atoms with E-state index in [2.05, 4.69) is 28.5 Å². The van der Waals surface area contributed by atoms with Crippen molar-refractivity contribution < 1.29 is 9.18 Å². The summed E-state index contributed by atoms with van der Waals surface area (Å²) >= 11 is 7.12. The van der Waals surface area contributed by atoms with Crippen LogP contribution in [0, 0.1) is 12.7 Å². The molecule has 0 aliphatic rings. The van der Waals surface area contributed by atoms with Crippen LogP contribution in [0.3, 0.4) is 0 Å². The molecular formula is C20H20ClFN4OS. The molecule has 28 heavy (non-hydrogen) atoms. The van der Waals surface area contributed by atoms with Crippen molar-refractivity contribution in [3.8, 4) is 11.4 Å². The van der Waals surface area contributed by atoms with E-state index < -0.39 is 5.82 Å². The highest BCUT2D eigenvalue weighted by molar-refractivity contribution is 7.99. The zero-order valence-corrected chi connectivity index (χ0v) is 17.1. The van der Waals surface area contributed by atoms with E-state index in [-0.39, 0.29) is 17.3 Å². The topological polar surface area (TPSA) is 59.8 Å². The Morgan fingerprint density at radius 3 is 2.82 bits per heavy atom. The molecule has 0 saturated carbocycles. The predicted octanol–water partition coefficient (Wildman–Crippen LogP) is 5.19. The lowest BCUT2D eigenvalue weighted by Gasteiger charge is -2.10. The van der Waals surface area contributed by atoms with Gasteiger partial charge in [0.15, 0.2) is 11.0 Å². The van der Waals surface area contributed by atoms with Crippen LogP contribution < -0.4 is 5.32 Å². The standard InChI is InChI=1S/C20H20ClFN4OS/c1-3-9-26-19(14-6-4-5-13(2)10-14)24-25-20(26)28-12-18(27)23-17-11-15(21)7-8-16(17)22/h4-8,10-11H,3,9,12H2,1-2H3,(H,23,27). The summed E-state index contributed by atoms with van der Waals surface area (Å²) in [5.41, 5.74) is 2.19. The fraction of sp³-hybridized carbons (Fsp3) is 0.250. The maximum Gasteiger partial charge on any atom is 0.234 e. The molecule has 0 fully saturated rings. The van der Waals surface area contributed by atoms with Crippen LogP contribution >= 0.6 is 23.4 Å². The van der Waals surface area contributed by atoms with Gasteiger partial charge >= 0.3 is 0 Å². The van der Waals surface area contributed by atoms with Crippen molar-refractivity contribution in [3.63, 3.8) is 0 Å². The molecule has 0 radical (unpaired) electrons. The number of hydrogen-bond acceptors (Lipinski definition) is 4. The number of anilines is 1. The zero-order valence-electron chi connectivity index (χ0n) is 15.6. The van der Waals surface area contributed by atoms with E-state index in [0.29, 0.717) is 10.2 Å². The average Bonchev–Trinajstić information content (AvgIpc) is 3.06. The zero-order chi connectivity index (χ0) is 20.1.